The van der Waals surface area contributed by atoms with Gasteiger partial charge in [0.15, 0.2) is 22.5 Å². The molecule has 160 valence electrons. The number of halogens is 1. The monoisotopic (exact) mass is 508 g/mol. The lowest BCUT2D eigenvalue weighted by Crippen LogP contribution is -2.14. The lowest BCUT2D eigenvalue weighted by atomic mass is 10.2. The molecule has 0 fully saturated rings. The van der Waals surface area contributed by atoms with Crippen LogP contribution in [-0.4, -0.2) is 33.2 Å². The van der Waals surface area contributed by atoms with Crippen LogP contribution in [0.1, 0.15) is 0 Å². The molecule has 2 heterocycles. The second kappa shape index (κ2) is 9.05. The molecular weight excluding hydrogens is 492 g/mol. The average molecular weight is 509 g/mol. The number of fused-ring (bicyclic) bond motifs is 1. The third kappa shape index (κ3) is 4.35. The molecule has 0 saturated heterocycles. The molecule has 9 heteroatoms. The molecular formula is C23H17BrN4O3S. The first-order valence-electron chi connectivity index (χ1n) is 9.76. The number of hydrogen-bond acceptors (Lipinski definition) is 6. The molecule has 1 amide bonds. The minimum absolute atomic E-state index is 0.121. The molecule has 1 aliphatic rings. The summed E-state index contributed by atoms with van der Waals surface area (Å²) in [4.78, 5) is 12.5. The van der Waals surface area contributed by atoms with Crippen LogP contribution >= 0.6 is 27.7 Å². The third-order valence-corrected chi connectivity index (χ3v) is 6.20. The predicted octanol–water partition coefficient (Wildman–Crippen LogP) is 5.16. The number of benzene rings is 3. The van der Waals surface area contributed by atoms with Gasteiger partial charge in [-0.2, -0.15) is 0 Å². The van der Waals surface area contributed by atoms with Crippen molar-refractivity contribution >= 4 is 39.3 Å². The average Bonchev–Trinajstić information content (AvgIpc) is 3.46. The number of thioether (sulfide) groups is 1. The minimum Gasteiger partial charge on any atom is -0.454 e. The van der Waals surface area contributed by atoms with Crippen molar-refractivity contribution in [3.8, 4) is 28.6 Å². The van der Waals surface area contributed by atoms with Gasteiger partial charge in [-0.1, -0.05) is 45.9 Å². The zero-order valence-corrected chi connectivity index (χ0v) is 19.1. The van der Waals surface area contributed by atoms with Gasteiger partial charge in [-0.05, 0) is 54.6 Å². The molecule has 1 aliphatic heterocycles. The van der Waals surface area contributed by atoms with Crippen LogP contribution in [0.4, 0.5) is 5.69 Å². The number of nitrogens with zero attached hydrogens (tertiary/aromatic N) is 3. The highest BCUT2D eigenvalue weighted by Gasteiger charge is 2.20. The van der Waals surface area contributed by atoms with Crippen LogP contribution in [0.3, 0.4) is 0 Å². The fourth-order valence-corrected chi connectivity index (χ4v) is 4.27. The van der Waals surface area contributed by atoms with Gasteiger partial charge < -0.3 is 14.8 Å². The van der Waals surface area contributed by atoms with E-state index in [0.717, 1.165) is 21.4 Å². The van der Waals surface area contributed by atoms with Crippen LogP contribution in [0.2, 0.25) is 0 Å². The Balaban J connectivity index is 1.41. The number of nitrogens with one attached hydrogen (secondary N) is 1. The van der Waals surface area contributed by atoms with Gasteiger partial charge in [0.05, 0.1) is 5.75 Å². The first-order valence-corrected chi connectivity index (χ1v) is 11.5. The SMILES string of the molecule is O=C(CSc1nnc(-c2ccc3c(c2)OCO3)n1-c1ccccc1)Nc1ccc(Br)cc1. The Hall–Kier alpha value is -3.30. The number of ether oxygens (including phenoxy) is 2. The molecule has 5 rings (SSSR count). The number of aromatic nitrogens is 3. The van der Waals surface area contributed by atoms with Crippen LogP contribution in [0, 0.1) is 0 Å². The standard InChI is InChI=1S/C23H17BrN4O3S/c24-16-7-9-17(10-8-16)25-21(29)13-32-23-27-26-22(28(23)18-4-2-1-3-5-18)15-6-11-19-20(12-15)31-14-30-19/h1-12H,13-14H2,(H,25,29). The van der Waals surface area contributed by atoms with E-state index >= 15 is 0 Å². The Morgan fingerprint density at radius 2 is 1.78 bits per heavy atom. The number of carbonyl (C=O) groups is 1. The van der Waals surface area contributed by atoms with Gasteiger partial charge in [0.25, 0.3) is 0 Å². The molecule has 0 aliphatic carbocycles. The first kappa shape index (κ1) is 20.6. The molecule has 1 aromatic heterocycles. The van der Waals surface area contributed by atoms with E-state index in [1.165, 1.54) is 11.8 Å². The molecule has 7 nitrogen and oxygen atoms in total. The van der Waals surface area contributed by atoms with Crippen molar-refractivity contribution in [3.63, 3.8) is 0 Å². The number of carbonyl (C=O) groups excluding carboxylic acids is 1. The summed E-state index contributed by atoms with van der Waals surface area (Å²) in [6.07, 6.45) is 0. The van der Waals surface area contributed by atoms with E-state index in [2.05, 4.69) is 31.4 Å². The van der Waals surface area contributed by atoms with Gasteiger partial charge in [0, 0.05) is 21.4 Å². The topological polar surface area (TPSA) is 78.3 Å². The van der Waals surface area contributed by atoms with Crippen molar-refractivity contribution in [2.45, 2.75) is 5.16 Å². The van der Waals surface area contributed by atoms with Gasteiger partial charge in [0.2, 0.25) is 12.7 Å². The largest absolute Gasteiger partial charge is 0.454 e. The van der Waals surface area contributed by atoms with Crippen molar-refractivity contribution in [2.24, 2.45) is 0 Å². The zero-order chi connectivity index (χ0) is 21.9. The normalized spacial score (nSPS) is 12.0. The quantitative estimate of drug-likeness (QED) is 0.362. The van der Waals surface area contributed by atoms with E-state index in [1.54, 1.807) is 0 Å². The smallest absolute Gasteiger partial charge is 0.234 e. The minimum atomic E-state index is -0.121. The van der Waals surface area contributed by atoms with Gasteiger partial charge in [-0.25, -0.2) is 0 Å². The summed E-state index contributed by atoms with van der Waals surface area (Å²) >= 11 is 4.72. The highest BCUT2D eigenvalue weighted by Crippen LogP contribution is 2.37. The molecule has 32 heavy (non-hydrogen) atoms. The third-order valence-electron chi connectivity index (χ3n) is 4.74. The van der Waals surface area contributed by atoms with Crippen LogP contribution < -0.4 is 14.8 Å². The molecule has 3 aromatic carbocycles. The van der Waals surface area contributed by atoms with Gasteiger partial charge >= 0.3 is 0 Å². The molecule has 0 radical (unpaired) electrons. The molecule has 0 spiro atoms. The number of amides is 1. The second-order valence-corrected chi connectivity index (χ2v) is 8.75. The number of anilines is 1. The number of hydrogen-bond donors (Lipinski definition) is 1. The fourth-order valence-electron chi connectivity index (χ4n) is 3.26. The Labute approximate surface area is 196 Å². The Morgan fingerprint density at radius 1 is 1.00 bits per heavy atom. The summed E-state index contributed by atoms with van der Waals surface area (Å²) in [5.74, 6) is 2.11. The molecule has 1 N–H and O–H groups in total. The van der Waals surface area contributed by atoms with Crippen LogP contribution in [-0.2, 0) is 4.79 Å². The summed E-state index contributed by atoms with van der Waals surface area (Å²) < 4.78 is 13.8. The van der Waals surface area contributed by atoms with Crippen LogP contribution in [0.25, 0.3) is 17.1 Å². The van der Waals surface area contributed by atoms with Crippen molar-refractivity contribution in [2.75, 3.05) is 17.9 Å². The maximum absolute atomic E-state index is 12.5. The fraction of sp³-hybridized carbons (Fsp3) is 0.0870. The van der Waals surface area contributed by atoms with E-state index in [1.807, 2.05) is 77.4 Å². The van der Waals surface area contributed by atoms with Crippen LogP contribution in [0.5, 0.6) is 11.5 Å². The van der Waals surface area contributed by atoms with Crippen molar-refractivity contribution in [1.29, 1.82) is 0 Å². The Morgan fingerprint density at radius 3 is 2.59 bits per heavy atom. The van der Waals surface area contributed by atoms with E-state index in [-0.39, 0.29) is 18.5 Å². The Bertz CT molecular complexity index is 1260. The lowest BCUT2D eigenvalue weighted by molar-refractivity contribution is -0.113. The van der Waals surface area contributed by atoms with Crippen molar-refractivity contribution < 1.29 is 14.3 Å². The summed E-state index contributed by atoms with van der Waals surface area (Å²) in [6, 6.07) is 22.9. The number of para-hydroxylation sites is 1. The molecule has 0 unspecified atom stereocenters. The van der Waals surface area contributed by atoms with E-state index in [0.29, 0.717) is 22.5 Å². The van der Waals surface area contributed by atoms with Crippen LogP contribution in [0.15, 0.2) is 82.4 Å². The molecule has 4 aromatic rings. The summed E-state index contributed by atoms with van der Waals surface area (Å²) in [5.41, 5.74) is 2.49. The molecule has 0 bridgehead atoms. The summed E-state index contributed by atoms with van der Waals surface area (Å²) in [6.45, 7) is 0.207. The van der Waals surface area contributed by atoms with Crippen molar-refractivity contribution in [3.05, 3.63) is 77.3 Å². The molecule has 0 saturated carbocycles. The van der Waals surface area contributed by atoms with E-state index in [9.17, 15) is 4.79 Å². The van der Waals surface area contributed by atoms with Crippen molar-refractivity contribution in [1.82, 2.24) is 14.8 Å². The summed E-state index contributed by atoms with van der Waals surface area (Å²) in [7, 11) is 0. The first-order chi connectivity index (χ1) is 15.7. The highest BCUT2D eigenvalue weighted by molar-refractivity contribution is 9.10. The zero-order valence-electron chi connectivity index (χ0n) is 16.7. The Kier molecular flexibility index (Phi) is 5.83. The molecule has 0 atom stereocenters. The van der Waals surface area contributed by atoms with Gasteiger partial charge in [-0.3, -0.25) is 9.36 Å². The highest BCUT2D eigenvalue weighted by atomic mass is 79.9. The van der Waals surface area contributed by atoms with E-state index in [4.69, 9.17) is 9.47 Å². The number of rotatable bonds is 6. The second-order valence-electron chi connectivity index (χ2n) is 6.89. The van der Waals surface area contributed by atoms with E-state index < -0.39 is 0 Å². The van der Waals surface area contributed by atoms with Gasteiger partial charge in [0.1, 0.15) is 0 Å². The lowest BCUT2D eigenvalue weighted by Gasteiger charge is -2.11. The predicted molar refractivity (Wildman–Crippen MR) is 126 cm³/mol. The summed E-state index contributed by atoms with van der Waals surface area (Å²) in [5, 5.41) is 12.3. The maximum atomic E-state index is 12.5. The van der Waals surface area contributed by atoms with Gasteiger partial charge in [-0.15, -0.1) is 10.2 Å². The maximum Gasteiger partial charge on any atom is 0.234 e.